The molecule has 2 bridgehead atoms. The van der Waals surface area contributed by atoms with Gasteiger partial charge in [-0.2, -0.15) is 0 Å². The molecule has 2 heteroatoms. The van der Waals surface area contributed by atoms with Gasteiger partial charge in [-0.3, -0.25) is 4.79 Å². The number of hydrogen-bond donors (Lipinski definition) is 1. The maximum atomic E-state index is 11.6. The van der Waals surface area contributed by atoms with Crippen LogP contribution in [0.15, 0.2) is 0 Å². The molecule has 3 atom stereocenters. The molecule has 0 aromatic carbocycles. The van der Waals surface area contributed by atoms with Crippen LogP contribution in [0.25, 0.3) is 0 Å². The Hall–Kier alpha value is -0.370. The van der Waals surface area contributed by atoms with E-state index >= 15 is 0 Å². The van der Waals surface area contributed by atoms with Crippen LogP contribution < -0.4 is 0 Å². The monoisotopic (exact) mass is 168 g/mol. The molecule has 0 radical (unpaired) electrons. The molecule has 2 aliphatic carbocycles. The normalized spacial score (nSPS) is 50.2. The van der Waals surface area contributed by atoms with Gasteiger partial charge in [0.25, 0.3) is 0 Å². The van der Waals surface area contributed by atoms with Gasteiger partial charge in [0.05, 0.1) is 6.10 Å². The second kappa shape index (κ2) is 1.92. The summed E-state index contributed by atoms with van der Waals surface area (Å²) in [5.74, 6) is 0.554. The standard InChI is InChI=1S/C10H16O2/c1-9(2)6-4-8(12)10(9,3)5-7(6)11/h6-7,11H,4-5H2,1-3H3/t6?,7-,10+/m0/s1. The average Bonchev–Trinajstić information content (AvgIpc) is 2.18. The van der Waals surface area contributed by atoms with Crippen molar-refractivity contribution in [1.82, 2.24) is 0 Å². The van der Waals surface area contributed by atoms with Gasteiger partial charge in [0.1, 0.15) is 5.78 Å². The number of hydrogen-bond acceptors (Lipinski definition) is 2. The van der Waals surface area contributed by atoms with E-state index in [0.717, 1.165) is 0 Å². The van der Waals surface area contributed by atoms with E-state index in [4.69, 9.17) is 0 Å². The molecule has 12 heavy (non-hydrogen) atoms. The zero-order valence-corrected chi connectivity index (χ0v) is 7.92. The molecule has 2 aliphatic rings. The highest BCUT2D eigenvalue weighted by atomic mass is 16.3. The summed E-state index contributed by atoms with van der Waals surface area (Å²) < 4.78 is 0. The van der Waals surface area contributed by atoms with E-state index in [1.54, 1.807) is 0 Å². The second-order valence-electron chi connectivity index (χ2n) is 5.06. The fraction of sp³-hybridized carbons (Fsp3) is 0.900. The third-order valence-electron chi connectivity index (χ3n) is 4.45. The van der Waals surface area contributed by atoms with Gasteiger partial charge < -0.3 is 5.11 Å². The van der Waals surface area contributed by atoms with Gasteiger partial charge in [-0.05, 0) is 17.8 Å². The predicted molar refractivity (Wildman–Crippen MR) is 45.6 cm³/mol. The van der Waals surface area contributed by atoms with Gasteiger partial charge in [0.2, 0.25) is 0 Å². The summed E-state index contributed by atoms with van der Waals surface area (Å²) in [6.45, 7) is 6.23. The number of fused-ring (bicyclic) bond motifs is 2. The topological polar surface area (TPSA) is 37.3 Å². The van der Waals surface area contributed by atoms with Crippen molar-refractivity contribution in [3.05, 3.63) is 0 Å². The molecule has 0 heterocycles. The quantitative estimate of drug-likeness (QED) is 0.593. The second-order valence-corrected chi connectivity index (χ2v) is 5.06. The highest BCUT2D eigenvalue weighted by Gasteiger charge is 2.65. The minimum Gasteiger partial charge on any atom is -0.393 e. The highest BCUT2D eigenvalue weighted by molar-refractivity contribution is 5.89. The van der Waals surface area contributed by atoms with Crippen LogP contribution in [0.3, 0.4) is 0 Å². The molecule has 68 valence electrons. The van der Waals surface area contributed by atoms with E-state index in [1.807, 2.05) is 6.92 Å². The van der Waals surface area contributed by atoms with Crippen LogP contribution in [0.1, 0.15) is 33.6 Å². The van der Waals surface area contributed by atoms with Crippen LogP contribution in [0.4, 0.5) is 0 Å². The first-order chi connectivity index (χ1) is 5.39. The van der Waals surface area contributed by atoms with Crippen molar-refractivity contribution in [2.24, 2.45) is 16.7 Å². The number of aliphatic hydroxyl groups excluding tert-OH is 1. The summed E-state index contributed by atoms with van der Waals surface area (Å²) >= 11 is 0. The SMILES string of the molecule is CC1(C)C2CC(=O)[C@@]1(C)C[C@@H]2O. The first-order valence-electron chi connectivity index (χ1n) is 4.61. The summed E-state index contributed by atoms with van der Waals surface area (Å²) in [5, 5.41) is 9.69. The van der Waals surface area contributed by atoms with Crippen molar-refractivity contribution in [1.29, 1.82) is 0 Å². The number of ketones is 1. The van der Waals surface area contributed by atoms with Gasteiger partial charge in [-0.25, -0.2) is 0 Å². The summed E-state index contributed by atoms with van der Waals surface area (Å²) in [5.41, 5.74) is -0.249. The first kappa shape index (κ1) is 8.24. The molecule has 0 aliphatic heterocycles. The summed E-state index contributed by atoms with van der Waals surface area (Å²) in [6, 6.07) is 0. The lowest BCUT2D eigenvalue weighted by Gasteiger charge is -2.31. The Kier molecular flexibility index (Phi) is 1.32. The number of carbonyl (C=O) groups excluding carboxylic acids is 1. The van der Waals surface area contributed by atoms with E-state index < -0.39 is 0 Å². The minimum absolute atomic E-state index is 0.00347. The van der Waals surface area contributed by atoms with Crippen LogP contribution in [0.5, 0.6) is 0 Å². The summed E-state index contributed by atoms with van der Waals surface area (Å²) in [7, 11) is 0. The number of carbonyl (C=O) groups is 1. The smallest absolute Gasteiger partial charge is 0.139 e. The van der Waals surface area contributed by atoms with Gasteiger partial charge in [0, 0.05) is 11.8 Å². The predicted octanol–water partition coefficient (Wildman–Crippen LogP) is 1.37. The highest BCUT2D eigenvalue weighted by Crippen LogP contribution is 2.63. The van der Waals surface area contributed by atoms with Crippen LogP contribution in [-0.4, -0.2) is 17.0 Å². The molecular weight excluding hydrogens is 152 g/mol. The largest absolute Gasteiger partial charge is 0.393 e. The molecule has 2 fully saturated rings. The summed E-state index contributed by atoms with van der Waals surface area (Å²) in [4.78, 5) is 11.6. The first-order valence-corrected chi connectivity index (χ1v) is 4.61. The molecule has 0 amide bonds. The summed E-state index contributed by atoms with van der Waals surface area (Å²) in [6.07, 6.45) is 1.01. The van der Waals surface area contributed by atoms with Crippen LogP contribution in [0.2, 0.25) is 0 Å². The Morgan fingerprint density at radius 3 is 2.25 bits per heavy atom. The van der Waals surface area contributed by atoms with E-state index in [1.165, 1.54) is 0 Å². The molecule has 2 rings (SSSR count). The molecule has 1 unspecified atom stereocenters. The van der Waals surface area contributed by atoms with Gasteiger partial charge >= 0.3 is 0 Å². The minimum atomic E-state index is -0.253. The lowest BCUT2D eigenvalue weighted by atomic mass is 9.70. The number of rotatable bonds is 0. The number of aliphatic hydroxyl groups is 1. The molecule has 2 nitrogen and oxygen atoms in total. The van der Waals surface area contributed by atoms with Crippen LogP contribution >= 0.6 is 0 Å². The van der Waals surface area contributed by atoms with Crippen LogP contribution in [-0.2, 0) is 4.79 Å². The molecule has 0 spiro atoms. The van der Waals surface area contributed by atoms with Crippen LogP contribution in [0, 0.1) is 16.7 Å². The third kappa shape index (κ3) is 0.634. The lowest BCUT2D eigenvalue weighted by Crippen LogP contribution is -2.32. The van der Waals surface area contributed by atoms with Crippen molar-refractivity contribution >= 4 is 5.78 Å². The van der Waals surface area contributed by atoms with E-state index in [-0.39, 0.29) is 22.9 Å². The molecular formula is C10H16O2. The molecule has 0 aromatic rings. The van der Waals surface area contributed by atoms with Crippen molar-refractivity contribution in [3.63, 3.8) is 0 Å². The maximum absolute atomic E-state index is 11.6. The maximum Gasteiger partial charge on any atom is 0.139 e. The fourth-order valence-corrected chi connectivity index (χ4v) is 3.00. The Morgan fingerprint density at radius 1 is 1.42 bits per heavy atom. The number of Topliss-reactive ketones (excluding diaryl/α,β-unsaturated/α-hetero) is 1. The molecule has 1 N–H and O–H groups in total. The van der Waals surface area contributed by atoms with Crippen molar-refractivity contribution in [3.8, 4) is 0 Å². The zero-order valence-electron chi connectivity index (χ0n) is 7.92. The molecule has 0 aromatic heterocycles. The van der Waals surface area contributed by atoms with Crippen molar-refractivity contribution in [2.75, 3.05) is 0 Å². The third-order valence-corrected chi connectivity index (χ3v) is 4.45. The Morgan fingerprint density at radius 2 is 2.00 bits per heavy atom. The Bertz CT molecular complexity index is 244. The Labute approximate surface area is 73.0 Å². The Balaban J connectivity index is 2.47. The van der Waals surface area contributed by atoms with Gasteiger partial charge in [0.15, 0.2) is 0 Å². The molecule has 0 saturated heterocycles. The van der Waals surface area contributed by atoms with Crippen molar-refractivity contribution in [2.45, 2.75) is 39.7 Å². The van der Waals surface area contributed by atoms with Crippen molar-refractivity contribution < 1.29 is 9.90 Å². The van der Waals surface area contributed by atoms with Gasteiger partial charge in [-0.15, -0.1) is 0 Å². The molecule has 2 saturated carbocycles. The average molecular weight is 168 g/mol. The van der Waals surface area contributed by atoms with E-state index in [0.29, 0.717) is 18.6 Å². The van der Waals surface area contributed by atoms with Gasteiger partial charge in [-0.1, -0.05) is 20.8 Å². The fourth-order valence-electron chi connectivity index (χ4n) is 3.00. The van der Waals surface area contributed by atoms with E-state index in [2.05, 4.69) is 13.8 Å². The van der Waals surface area contributed by atoms with E-state index in [9.17, 15) is 9.90 Å². The lowest BCUT2D eigenvalue weighted by molar-refractivity contribution is -0.129. The zero-order chi connectivity index (χ0) is 9.15.